The topological polar surface area (TPSA) is 41.1 Å². The lowest BCUT2D eigenvalue weighted by atomic mass is 10.1. The van der Waals surface area contributed by atoms with Gasteiger partial charge < -0.3 is 5.32 Å². The van der Waals surface area contributed by atoms with Gasteiger partial charge in [-0.15, -0.1) is 11.3 Å². The highest BCUT2D eigenvalue weighted by Gasteiger charge is 2.15. The van der Waals surface area contributed by atoms with Crippen LogP contribution in [0.15, 0.2) is 72.1 Å². The lowest BCUT2D eigenvalue weighted by Gasteiger charge is -2.18. The maximum Gasteiger partial charge on any atom is 0.234 e. The number of thiophene rings is 1. The third kappa shape index (κ3) is 4.78. The molecule has 2 aromatic carbocycles. The van der Waals surface area contributed by atoms with Crippen LogP contribution in [-0.2, 0) is 11.3 Å². The molecule has 4 heteroatoms. The molecule has 0 saturated heterocycles. The summed E-state index contributed by atoms with van der Waals surface area (Å²) in [6.45, 7) is 2.90. The Morgan fingerprint density at radius 2 is 1.76 bits per heavy atom. The van der Waals surface area contributed by atoms with Crippen LogP contribution in [0, 0.1) is 6.92 Å². The third-order valence-corrected chi connectivity index (χ3v) is 5.10. The number of carbonyl (C=O) groups is 1. The van der Waals surface area contributed by atoms with Gasteiger partial charge in [-0.1, -0.05) is 60.7 Å². The van der Waals surface area contributed by atoms with Gasteiger partial charge in [0.2, 0.25) is 5.91 Å². The monoisotopic (exact) mass is 350 g/mol. The molecular formula is C21H22N2OS. The molecule has 0 bridgehead atoms. The van der Waals surface area contributed by atoms with Gasteiger partial charge in [-0.3, -0.25) is 10.1 Å². The molecule has 2 N–H and O–H groups in total. The van der Waals surface area contributed by atoms with E-state index < -0.39 is 0 Å². The molecule has 3 aromatic rings. The van der Waals surface area contributed by atoms with Crippen molar-refractivity contribution in [1.29, 1.82) is 0 Å². The van der Waals surface area contributed by atoms with Gasteiger partial charge in [0.15, 0.2) is 0 Å². The molecule has 1 amide bonds. The second-order valence-corrected chi connectivity index (χ2v) is 6.92. The molecule has 0 aliphatic carbocycles. The van der Waals surface area contributed by atoms with Crippen molar-refractivity contribution in [3.63, 3.8) is 0 Å². The Labute approximate surface area is 152 Å². The van der Waals surface area contributed by atoms with E-state index in [9.17, 15) is 4.79 Å². The van der Waals surface area contributed by atoms with Crippen molar-refractivity contribution in [3.8, 4) is 0 Å². The van der Waals surface area contributed by atoms with Gasteiger partial charge in [-0.2, -0.15) is 0 Å². The van der Waals surface area contributed by atoms with Crippen molar-refractivity contribution in [1.82, 2.24) is 10.6 Å². The summed E-state index contributed by atoms with van der Waals surface area (Å²) in [5, 5.41) is 8.44. The van der Waals surface area contributed by atoms with Crippen LogP contribution in [0.3, 0.4) is 0 Å². The van der Waals surface area contributed by atoms with Crippen molar-refractivity contribution in [2.45, 2.75) is 19.5 Å². The van der Waals surface area contributed by atoms with E-state index in [1.54, 1.807) is 11.3 Å². The van der Waals surface area contributed by atoms with Gasteiger partial charge in [0.05, 0.1) is 12.6 Å². The number of carbonyl (C=O) groups excluding carboxylic acids is 1. The van der Waals surface area contributed by atoms with Crippen molar-refractivity contribution in [3.05, 3.63) is 93.7 Å². The fourth-order valence-corrected chi connectivity index (χ4v) is 3.57. The van der Waals surface area contributed by atoms with Crippen LogP contribution in [-0.4, -0.2) is 12.5 Å². The predicted octanol–water partition coefficient (Wildman–Crippen LogP) is 4.05. The molecule has 1 aromatic heterocycles. The highest BCUT2D eigenvalue weighted by atomic mass is 32.1. The Kier molecular flexibility index (Phi) is 5.99. The van der Waals surface area contributed by atoms with E-state index in [2.05, 4.69) is 47.2 Å². The lowest BCUT2D eigenvalue weighted by Crippen LogP contribution is -2.35. The van der Waals surface area contributed by atoms with Crippen LogP contribution in [0.4, 0.5) is 0 Å². The van der Waals surface area contributed by atoms with Crippen LogP contribution < -0.4 is 10.6 Å². The molecular weight excluding hydrogens is 328 g/mol. The average Bonchev–Trinajstić information content (AvgIpc) is 3.16. The lowest BCUT2D eigenvalue weighted by molar-refractivity contribution is -0.120. The number of amides is 1. The molecule has 0 radical (unpaired) electrons. The first-order chi connectivity index (χ1) is 12.2. The Hall–Kier alpha value is -2.43. The van der Waals surface area contributed by atoms with Crippen LogP contribution in [0.1, 0.15) is 27.6 Å². The average molecular weight is 350 g/mol. The first kappa shape index (κ1) is 17.4. The van der Waals surface area contributed by atoms with Crippen LogP contribution in [0.25, 0.3) is 0 Å². The number of hydrogen-bond acceptors (Lipinski definition) is 3. The Bertz CT molecular complexity index is 800. The number of nitrogens with one attached hydrogen (secondary N) is 2. The highest BCUT2D eigenvalue weighted by Crippen LogP contribution is 2.25. The van der Waals surface area contributed by atoms with E-state index in [0.717, 1.165) is 11.1 Å². The van der Waals surface area contributed by atoms with Gasteiger partial charge >= 0.3 is 0 Å². The van der Waals surface area contributed by atoms with E-state index in [-0.39, 0.29) is 18.5 Å². The quantitative estimate of drug-likeness (QED) is 0.675. The van der Waals surface area contributed by atoms with E-state index >= 15 is 0 Å². The Morgan fingerprint density at radius 3 is 2.48 bits per heavy atom. The van der Waals surface area contributed by atoms with Crippen LogP contribution >= 0.6 is 11.3 Å². The van der Waals surface area contributed by atoms with Gasteiger partial charge in [-0.05, 0) is 35.1 Å². The highest BCUT2D eigenvalue weighted by molar-refractivity contribution is 7.10. The van der Waals surface area contributed by atoms with E-state index in [4.69, 9.17) is 0 Å². The molecule has 0 fully saturated rings. The first-order valence-corrected chi connectivity index (χ1v) is 9.25. The summed E-state index contributed by atoms with van der Waals surface area (Å²) in [6, 6.07) is 22.5. The smallest absolute Gasteiger partial charge is 0.234 e. The second kappa shape index (κ2) is 8.60. The normalized spacial score (nSPS) is 11.9. The molecule has 3 rings (SSSR count). The zero-order chi connectivity index (χ0) is 17.5. The molecule has 1 heterocycles. The summed E-state index contributed by atoms with van der Waals surface area (Å²) in [5.74, 6) is 0.000685. The summed E-state index contributed by atoms with van der Waals surface area (Å²) in [5.41, 5.74) is 3.50. The van der Waals surface area contributed by atoms with Gasteiger partial charge in [-0.25, -0.2) is 0 Å². The minimum Gasteiger partial charge on any atom is -0.351 e. The SMILES string of the molecule is Cc1ccccc1CNC(=O)CN[C@@H](c1ccccc1)c1cccs1. The van der Waals surface area contributed by atoms with E-state index in [1.165, 1.54) is 10.4 Å². The summed E-state index contributed by atoms with van der Waals surface area (Å²) >= 11 is 1.70. The Balaban J connectivity index is 1.60. The van der Waals surface area contributed by atoms with Crippen LogP contribution in [0.2, 0.25) is 0 Å². The molecule has 1 atom stereocenters. The van der Waals surface area contributed by atoms with Crippen molar-refractivity contribution in [2.75, 3.05) is 6.54 Å². The number of aryl methyl sites for hydroxylation is 1. The fraction of sp³-hybridized carbons (Fsp3) is 0.190. The summed E-state index contributed by atoms with van der Waals surface area (Å²) in [7, 11) is 0. The van der Waals surface area contributed by atoms with Gasteiger partial charge in [0.25, 0.3) is 0 Å². The maximum absolute atomic E-state index is 12.3. The minimum absolute atomic E-state index is 0.000685. The minimum atomic E-state index is 0.000685. The third-order valence-electron chi connectivity index (χ3n) is 4.16. The van der Waals surface area contributed by atoms with E-state index in [0.29, 0.717) is 6.54 Å². The van der Waals surface area contributed by atoms with Gasteiger partial charge in [0.1, 0.15) is 0 Å². The maximum atomic E-state index is 12.3. The molecule has 0 saturated carbocycles. The summed E-state index contributed by atoms with van der Waals surface area (Å²) < 4.78 is 0. The Morgan fingerprint density at radius 1 is 1.00 bits per heavy atom. The molecule has 0 unspecified atom stereocenters. The summed E-state index contributed by atoms with van der Waals surface area (Å²) in [4.78, 5) is 13.5. The second-order valence-electron chi connectivity index (χ2n) is 5.94. The van der Waals surface area contributed by atoms with Crippen LogP contribution in [0.5, 0.6) is 0 Å². The summed E-state index contributed by atoms with van der Waals surface area (Å²) in [6.07, 6.45) is 0. The predicted molar refractivity (Wildman–Crippen MR) is 104 cm³/mol. The molecule has 0 aliphatic heterocycles. The standard InChI is InChI=1S/C21H22N2OS/c1-16-8-5-6-11-18(16)14-22-20(24)15-23-21(19-12-7-13-25-19)17-9-3-2-4-10-17/h2-13,21,23H,14-15H2,1H3,(H,22,24)/t21-/m0/s1. The number of hydrogen-bond donors (Lipinski definition) is 2. The van der Waals surface area contributed by atoms with E-state index in [1.807, 2.05) is 42.5 Å². The largest absolute Gasteiger partial charge is 0.351 e. The molecule has 128 valence electrons. The number of rotatable bonds is 7. The molecule has 0 aliphatic rings. The molecule has 0 spiro atoms. The zero-order valence-electron chi connectivity index (χ0n) is 14.2. The van der Waals surface area contributed by atoms with Crippen molar-refractivity contribution < 1.29 is 4.79 Å². The van der Waals surface area contributed by atoms with Crippen molar-refractivity contribution >= 4 is 17.2 Å². The molecule has 25 heavy (non-hydrogen) atoms. The molecule has 3 nitrogen and oxygen atoms in total. The van der Waals surface area contributed by atoms with Gasteiger partial charge in [0, 0.05) is 11.4 Å². The fourth-order valence-electron chi connectivity index (χ4n) is 2.74. The zero-order valence-corrected chi connectivity index (χ0v) is 15.1. The van der Waals surface area contributed by atoms with Crippen molar-refractivity contribution in [2.24, 2.45) is 0 Å². The number of benzene rings is 2. The first-order valence-electron chi connectivity index (χ1n) is 8.37.